The molecule has 0 spiro atoms. The molecular weight excluding hydrogens is 318 g/mol. The van der Waals surface area contributed by atoms with Gasteiger partial charge in [-0.1, -0.05) is 17.7 Å². The van der Waals surface area contributed by atoms with Gasteiger partial charge in [-0.15, -0.1) is 0 Å². The Morgan fingerprint density at radius 1 is 1.22 bits per heavy atom. The second kappa shape index (κ2) is 5.98. The van der Waals surface area contributed by atoms with E-state index in [1.165, 1.54) is 0 Å². The summed E-state index contributed by atoms with van der Waals surface area (Å²) in [4.78, 5) is 15.9. The minimum Gasteiger partial charge on any atom is -0.456 e. The number of halogens is 2. The fourth-order valence-corrected chi connectivity index (χ4v) is 1.85. The van der Waals surface area contributed by atoms with Crippen molar-refractivity contribution in [3.05, 3.63) is 63.3 Å². The molecule has 0 radical (unpaired) electrons. The van der Waals surface area contributed by atoms with Crippen molar-refractivity contribution in [1.29, 1.82) is 0 Å². The topological polar surface area (TPSA) is 39.2 Å². The highest BCUT2D eigenvalue weighted by atomic mass is 79.9. The second-order valence-electron chi connectivity index (χ2n) is 3.53. The number of hydrogen-bond acceptors (Lipinski definition) is 3. The van der Waals surface area contributed by atoms with Crippen LogP contribution in [0.2, 0.25) is 5.02 Å². The molecule has 1 aromatic carbocycles. The van der Waals surface area contributed by atoms with Crippen molar-refractivity contribution in [3.8, 4) is 0 Å². The average Bonchev–Trinajstić information content (AvgIpc) is 2.37. The number of rotatable bonds is 3. The number of pyridine rings is 1. The Labute approximate surface area is 118 Å². The highest BCUT2D eigenvalue weighted by Gasteiger charge is 2.07. The monoisotopic (exact) mass is 325 g/mol. The highest BCUT2D eigenvalue weighted by Crippen LogP contribution is 2.12. The molecule has 92 valence electrons. The van der Waals surface area contributed by atoms with Crippen LogP contribution in [0.3, 0.4) is 0 Å². The Morgan fingerprint density at radius 3 is 2.61 bits per heavy atom. The molecule has 0 atom stereocenters. The third-order valence-corrected chi connectivity index (χ3v) is 2.90. The minimum absolute atomic E-state index is 0.140. The molecule has 2 rings (SSSR count). The number of ether oxygens (including phenoxy) is 1. The third-order valence-electron chi connectivity index (χ3n) is 2.20. The number of nitrogens with zero attached hydrogens (tertiary/aromatic N) is 1. The van der Waals surface area contributed by atoms with Gasteiger partial charge in [0.2, 0.25) is 0 Å². The van der Waals surface area contributed by atoms with Crippen molar-refractivity contribution < 1.29 is 9.53 Å². The fraction of sp³-hybridized carbons (Fsp3) is 0.0769. The second-order valence-corrected chi connectivity index (χ2v) is 4.78. The first-order valence-corrected chi connectivity index (χ1v) is 6.36. The molecule has 0 aliphatic rings. The summed E-state index contributed by atoms with van der Waals surface area (Å²) in [5.74, 6) is -0.395. The fourth-order valence-electron chi connectivity index (χ4n) is 1.34. The number of carbonyl (C=O) groups excluding carboxylic acids is 1. The maximum atomic E-state index is 11.7. The number of carbonyl (C=O) groups is 1. The molecule has 2 aromatic rings. The van der Waals surface area contributed by atoms with E-state index in [2.05, 4.69) is 20.9 Å². The van der Waals surface area contributed by atoms with Crippen molar-refractivity contribution >= 4 is 33.5 Å². The smallest absolute Gasteiger partial charge is 0.338 e. The van der Waals surface area contributed by atoms with Gasteiger partial charge in [0, 0.05) is 5.02 Å². The van der Waals surface area contributed by atoms with Crippen molar-refractivity contribution in [2.45, 2.75) is 6.61 Å². The van der Waals surface area contributed by atoms with Crippen LogP contribution in [-0.4, -0.2) is 11.0 Å². The van der Waals surface area contributed by atoms with Crippen molar-refractivity contribution in [3.63, 3.8) is 0 Å². The Balaban J connectivity index is 1.98. The predicted octanol–water partition coefficient (Wildman–Crippen LogP) is 3.85. The zero-order valence-corrected chi connectivity index (χ0v) is 11.6. The molecule has 0 N–H and O–H groups in total. The highest BCUT2D eigenvalue weighted by molar-refractivity contribution is 9.10. The summed E-state index contributed by atoms with van der Waals surface area (Å²) in [6.07, 6.45) is 0. The van der Waals surface area contributed by atoms with E-state index in [0.717, 1.165) is 0 Å². The van der Waals surface area contributed by atoms with Crippen molar-refractivity contribution in [2.75, 3.05) is 0 Å². The van der Waals surface area contributed by atoms with E-state index in [9.17, 15) is 4.79 Å². The van der Waals surface area contributed by atoms with Crippen molar-refractivity contribution in [1.82, 2.24) is 4.98 Å². The van der Waals surface area contributed by atoms with E-state index < -0.39 is 5.97 Å². The van der Waals surface area contributed by atoms with Crippen LogP contribution in [0, 0.1) is 0 Å². The molecule has 18 heavy (non-hydrogen) atoms. The van der Waals surface area contributed by atoms with Crippen LogP contribution in [0.1, 0.15) is 16.1 Å². The van der Waals surface area contributed by atoms with Gasteiger partial charge in [-0.25, -0.2) is 9.78 Å². The molecule has 1 heterocycles. The predicted molar refractivity (Wildman–Crippen MR) is 72.5 cm³/mol. The van der Waals surface area contributed by atoms with E-state index in [-0.39, 0.29) is 6.61 Å². The summed E-state index contributed by atoms with van der Waals surface area (Å²) >= 11 is 9.00. The van der Waals surface area contributed by atoms with Gasteiger partial charge in [0.25, 0.3) is 0 Å². The van der Waals surface area contributed by atoms with E-state index in [1.54, 1.807) is 30.3 Å². The summed E-state index contributed by atoms with van der Waals surface area (Å²) in [5.41, 5.74) is 1.15. The van der Waals surface area contributed by atoms with Crippen molar-refractivity contribution in [2.24, 2.45) is 0 Å². The standard InChI is InChI=1S/C13H9BrClNO2/c14-12-3-1-2-11(16-12)8-18-13(17)9-4-6-10(15)7-5-9/h1-7H,8H2. The number of benzene rings is 1. The first-order chi connectivity index (χ1) is 8.65. The lowest BCUT2D eigenvalue weighted by molar-refractivity contribution is 0.0467. The van der Waals surface area contributed by atoms with Gasteiger partial charge < -0.3 is 4.74 Å². The molecule has 0 saturated carbocycles. The minimum atomic E-state index is -0.395. The van der Waals surface area contributed by atoms with Crippen LogP contribution >= 0.6 is 27.5 Å². The average molecular weight is 327 g/mol. The van der Waals surface area contributed by atoms with Gasteiger partial charge in [0.1, 0.15) is 11.2 Å². The van der Waals surface area contributed by atoms with Crippen LogP contribution in [0.15, 0.2) is 47.1 Å². The van der Waals surface area contributed by atoms with Gasteiger partial charge in [-0.2, -0.15) is 0 Å². The molecule has 5 heteroatoms. The molecule has 0 amide bonds. The van der Waals surface area contributed by atoms with Gasteiger partial charge in [0.15, 0.2) is 0 Å². The van der Waals surface area contributed by atoms with E-state index in [0.29, 0.717) is 20.9 Å². The normalized spacial score (nSPS) is 10.1. The van der Waals surface area contributed by atoms with Gasteiger partial charge in [-0.3, -0.25) is 0 Å². The molecule has 0 unspecified atom stereocenters. The van der Waals surface area contributed by atoms with Crippen LogP contribution in [-0.2, 0) is 11.3 Å². The van der Waals surface area contributed by atoms with Crippen LogP contribution < -0.4 is 0 Å². The maximum Gasteiger partial charge on any atom is 0.338 e. The molecule has 0 aliphatic carbocycles. The first kappa shape index (κ1) is 13.1. The summed E-state index contributed by atoms with van der Waals surface area (Å²) in [6, 6.07) is 12.0. The zero-order valence-electron chi connectivity index (χ0n) is 9.27. The number of esters is 1. The largest absolute Gasteiger partial charge is 0.456 e. The number of hydrogen-bond donors (Lipinski definition) is 0. The molecular formula is C13H9BrClNO2. The molecule has 0 fully saturated rings. The Hall–Kier alpha value is -1.39. The summed E-state index contributed by atoms with van der Waals surface area (Å²) in [7, 11) is 0. The van der Waals surface area contributed by atoms with Crippen LogP contribution in [0.25, 0.3) is 0 Å². The summed E-state index contributed by atoms with van der Waals surface area (Å²) in [5, 5.41) is 0.584. The summed E-state index contributed by atoms with van der Waals surface area (Å²) < 4.78 is 5.85. The van der Waals surface area contributed by atoms with Gasteiger partial charge >= 0.3 is 5.97 Å². The first-order valence-electron chi connectivity index (χ1n) is 5.19. The molecule has 0 saturated heterocycles. The number of aromatic nitrogens is 1. The SMILES string of the molecule is O=C(OCc1cccc(Br)n1)c1ccc(Cl)cc1. The lowest BCUT2D eigenvalue weighted by Gasteiger charge is -2.04. The zero-order chi connectivity index (χ0) is 13.0. The molecule has 0 bridgehead atoms. The van der Waals surface area contributed by atoms with Crippen LogP contribution in [0.4, 0.5) is 0 Å². The molecule has 1 aromatic heterocycles. The Morgan fingerprint density at radius 2 is 1.94 bits per heavy atom. The Kier molecular flexibility index (Phi) is 4.33. The lowest BCUT2D eigenvalue weighted by Crippen LogP contribution is -2.05. The van der Waals surface area contributed by atoms with E-state index >= 15 is 0 Å². The van der Waals surface area contributed by atoms with E-state index in [1.807, 2.05) is 12.1 Å². The molecule has 0 aliphatic heterocycles. The van der Waals surface area contributed by atoms with Crippen LogP contribution in [0.5, 0.6) is 0 Å². The quantitative estimate of drug-likeness (QED) is 0.635. The third kappa shape index (κ3) is 3.55. The van der Waals surface area contributed by atoms with E-state index in [4.69, 9.17) is 16.3 Å². The van der Waals surface area contributed by atoms with Gasteiger partial charge in [0.05, 0.1) is 11.3 Å². The Bertz CT molecular complexity index is 557. The maximum absolute atomic E-state index is 11.7. The molecule has 3 nitrogen and oxygen atoms in total. The lowest BCUT2D eigenvalue weighted by atomic mass is 10.2. The van der Waals surface area contributed by atoms with Gasteiger partial charge in [-0.05, 0) is 52.3 Å². The summed E-state index contributed by atoms with van der Waals surface area (Å²) in [6.45, 7) is 0.140.